The lowest BCUT2D eigenvalue weighted by Crippen LogP contribution is -2.33. The van der Waals surface area contributed by atoms with Crippen LogP contribution in [-0.2, 0) is 9.53 Å². The van der Waals surface area contributed by atoms with E-state index in [4.69, 9.17) is 4.74 Å². The third-order valence-electron chi connectivity index (χ3n) is 3.71. The first-order chi connectivity index (χ1) is 10.8. The van der Waals surface area contributed by atoms with Gasteiger partial charge in [-0.05, 0) is 36.5 Å². The Labute approximate surface area is 130 Å². The summed E-state index contributed by atoms with van der Waals surface area (Å²) in [7, 11) is 0. The Morgan fingerprint density at radius 1 is 1.18 bits per heavy atom. The van der Waals surface area contributed by atoms with Crippen molar-refractivity contribution in [2.45, 2.75) is 18.9 Å². The molecule has 4 nitrogen and oxygen atoms in total. The van der Waals surface area contributed by atoms with Gasteiger partial charge in [-0.3, -0.25) is 9.78 Å². The van der Waals surface area contributed by atoms with Gasteiger partial charge in [0.25, 0.3) is 0 Å². The van der Waals surface area contributed by atoms with Crippen LogP contribution in [0.4, 0.5) is 0 Å². The third-order valence-corrected chi connectivity index (χ3v) is 3.71. The maximum absolute atomic E-state index is 12.1. The lowest BCUT2D eigenvalue weighted by molar-refractivity contribution is -0.126. The van der Waals surface area contributed by atoms with Crippen LogP contribution in [-0.4, -0.2) is 24.1 Å². The highest BCUT2D eigenvalue weighted by Crippen LogP contribution is 2.28. The second-order valence-corrected chi connectivity index (χ2v) is 5.62. The van der Waals surface area contributed by atoms with Crippen molar-refractivity contribution in [3.8, 4) is 0 Å². The van der Waals surface area contributed by atoms with E-state index in [0.717, 1.165) is 11.3 Å². The molecule has 1 amide bonds. The van der Waals surface area contributed by atoms with Crippen LogP contribution in [0.15, 0.2) is 54.7 Å². The summed E-state index contributed by atoms with van der Waals surface area (Å²) in [5, 5.41) is 3.02. The number of ether oxygens (including phenoxy) is 1. The molecule has 0 unspecified atom stereocenters. The first kappa shape index (κ1) is 14.7. The Kier molecular flexibility index (Phi) is 4.81. The van der Waals surface area contributed by atoms with E-state index in [-0.39, 0.29) is 18.6 Å². The Morgan fingerprint density at radius 3 is 2.64 bits per heavy atom. The van der Waals surface area contributed by atoms with Gasteiger partial charge in [-0.2, -0.15) is 0 Å². The molecule has 0 saturated heterocycles. The molecular formula is C18H20N2O2. The molecule has 1 saturated carbocycles. The number of carbonyl (C=O) groups excluding carboxylic acids is 1. The molecule has 0 radical (unpaired) electrons. The van der Waals surface area contributed by atoms with E-state index in [1.807, 2.05) is 48.5 Å². The minimum Gasteiger partial charge on any atom is -0.371 e. The molecule has 1 N–H and O–H groups in total. The van der Waals surface area contributed by atoms with Crippen LogP contribution >= 0.6 is 0 Å². The van der Waals surface area contributed by atoms with Crippen LogP contribution in [0.3, 0.4) is 0 Å². The summed E-state index contributed by atoms with van der Waals surface area (Å²) in [4.78, 5) is 16.5. The van der Waals surface area contributed by atoms with Gasteiger partial charge in [-0.15, -0.1) is 0 Å². The molecular weight excluding hydrogens is 276 g/mol. The Bertz CT molecular complexity index is 557. The van der Waals surface area contributed by atoms with E-state index in [0.29, 0.717) is 12.5 Å². The first-order valence-electron chi connectivity index (χ1n) is 7.66. The van der Waals surface area contributed by atoms with Crippen molar-refractivity contribution < 1.29 is 9.53 Å². The first-order valence-corrected chi connectivity index (χ1v) is 7.66. The average molecular weight is 296 g/mol. The highest BCUT2D eigenvalue weighted by molar-refractivity contribution is 5.78. The molecule has 1 aliphatic rings. The van der Waals surface area contributed by atoms with Crippen LogP contribution in [0.5, 0.6) is 0 Å². The van der Waals surface area contributed by atoms with E-state index in [2.05, 4.69) is 10.3 Å². The molecule has 4 heteroatoms. The monoisotopic (exact) mass is 296 g/mol. The number of nitrogens with one attached hydrogen (secondary N) is 1. The highest BCUT2D eigenvalue weighted by atomic mass is 16.5. The number of hydrogen-bond acceptors (Lipinski definition) is 3. The number of benzene rings is 1. The summed E-state index contributed by atoms with van der Waals surface area (Å²) in [5.41, 5.74) is 1.83. The molecule has 1 fully saturated rings. The predicted molar refractivity (Wildman–Crippen MR) is 84.2 cm³/mol. The average Bonchev–Trinajstić information content (AvgIpc) is 3.39. The van der Waals surface area contributed by atoms with E-state index in [1.54, 1.807) is 6.20 Å². The number of pyridine rings is 1. The van der Waals surface area contributed by atoms with Crippen LogP contribution in [0.25, 0.3) is 0 Å². The highest BCUT2D eigenvalue weighted by Gasteiger charge is 2.22. The second kappa shape index (κ2) is 7.18. The van der Waals surface area contributed by atoms with Crippen LogP contribution in [0, 0.1) is 5.92 Å². The van der Waals surface area contributed by atoms with Crippen LogP contribution in [0.1, 0.15) is 30.1 Å². The molecule has 3 rings (SSSR count). The molecule has 1 heterocycles. The van der Waals surface area contributed by atoms with Crippen molar-refractivity contribution in [3.63, 3.8) is 0 Å². The lowest BCUT2D eigenvalue weighted by atomic mass is 10.0. The van der Waals surface area contributed by atoms with Crippen molar-refractivity contribution in [2.75, 3.05) is 13.2 Å². The summed E-state index contributed by atoms with van der Waals surface area (Å²) >= 11 is 0. The number of hydrogen-bond donors (Lipinski definition) is 1. The minimum atomic E-state index is -0.251. The zero-order valence-corrected chi connectivity index (χ0v) is 12.4. The van der Waals surface area contributed by atoms with E-state index in [9.17, 15) is 4.79 Å². The van der Waals surface area contributed by atoms with Crippen molar-refractivity contribution in [2.24, 2.45) is 5.92 Å². The number of amides is 1. The molecule has 0 spiro atoms. The molecule has 22 heavy (non-hydrogen) atoms. The Morgan fingerprint density at radius 2 is 1.95 bits per heavy atom. The van der Waals surface area contributed by atoms with Crippen molar-refractivity contribution in [3.05, 3.63) is 66.0 Å². The number of nitrogens with zero attached hydrogens (tertiary/aromatic N) is 1. The smallest absolute Gasteiger partial charge is 0.246 e. The normalized spacial score (nSPS) is 15.3. The van der Waals surface area contributed by atoms with Crippen molar-refractivity contribution >= 4 is 5.91 Å². The standard InChI is InChI=1S/C18H20N2O2/c21-17(13-22-12-14-9-10-14)20-18(15-6-2-1-3-7-15)16-8-4-5-11-19-16/h1-8,11,14,18H,9-10,12-13H2,(H,20,21)/t18-/m1/s1. The lowest BCUT2D eigenvalue weighted by Gasteiger charge is -2.19. The van der Waals surface area contributed by atoms with Crippen LogP contribution < -0.4 is 5.32 Å². The van der Waals surface area contributed by atoms with Crippen molar-refractivity contribution in [1.82, 2.24) is 10.3 Å². The fourth-order valence-electron chi connectivity index (χ4n) is 2.33. The minimum absolute atomic E-state index is 0.104. The van der Waals surface area contributed by atoms with Gasteiger partial charge in [-0.1, -0.05) is 36.4 Å². The Balaban J connectivity index is 1.67. The third kappa shape index (κ3) is 4.15. The molecule has 1 atom stereocenters. The Hall–Kier alpha value is -2.20. The maximum atomic E-state index is 12.1. The topological polar surface area (TPSA) is 51.2 Å². The van der Waals surface area contributed by atoms with Gasteiger partial charge in [0.15, 0.2) is 0 Å². The van der Waals surface area contributed by atoms with Gasteiger partial charge in [0.1, 0.15) is 6.61 Å². The van der Waals surface area contributed by atoms with Gasteiger partial charge in [-0.25, -0.2) is 0 Å². The second-order valence-electron chi connectivity index (χ2n) is 5.62. The fraction of sp³-hybridized carbons (Fsp3) is 0.333. The van der Waals surface area contributed by atoms with Gasteiger partial charge in [0.05, 0.1) is 18.3 Å². The SMILES string of the molecule is O=C(COCC1CC1)N[C@H](c1ccccc1)c1ccccn1. The summed E-state index contributed by atoms with van der Waals surface area (Å²) in [6.07, 6.45) is 4.19. The van der Waals surface area contributed by atoms with Gasteiger partial charge < -0.3 is 10.1 Å². The van der Waals surface area contributed by atoms with E-state index in [1.165, 1.54) is 12.8 Å². The molecule has 1 aliphatic carbocycles. The maximum Gasteiger partial charge on any atom is 0.246 e. The number of rotatable bonds is 7. The van der Waals surface area contributed by atoms with Crippen LogP contribution in [0.2, 0.25) is 0 Å². The summed E-state index contributed by atoms with van der Waals surface area (Å²) in [5.74, 6) is 0.550. The molecule has 0 aliphatic heterocycles. The zero-order chi connectivity index (χ0) is 15.2. The molecule has 1 aromatic carbocycles. The summed E-state index contributed by atoms with van der Waals surface area (Å²) < 4.78 is 5.46. The number of carbonyl (C=O) groups is 1. The van der Waals surface area contributed by atoms with E-state index >= 15 is 0 Å². The predicted octanol–water partition coefficient (Wildman–Crippen LogP) is 2.71. The zero-order valence-electron chi connectivity index (χ0n) is 12.4. The summed E-state index contributed by atoms with van der Waals surface area (Å²) in [6, 6.07) is 15.3. The van der Waals surface area contributed by atoms with Crippen molar-refractivity contribution in [1.29, 1.82) is 0 Å². The quantitative estimate of drug-likeness (QED) is 0.854. The molecule has 1 aromatic heterocycles. The summed E-state index contributed by atoms with van der Waals surface area (Å²) in [6.45, 7) is 0.791. The largest absolute Gasteiger partial charge is 0.371 e. The van der Waals surface area contributed by atoms with Gasteiger partial charge in [0, 0.05) is 6.20 Å². The molecule has 2 aromatic rings. The molecule has 0 bridgehead atoms. The number of aromatic nitrogens is 1. The van der Waals surface area contributed by atoms with E-state index < -0.39 is 0 Å². The fourth-order valence-corrected chi connectivity index (χ4v) is 2.33. The van der Waals surface area contributed by atoms with Gasteiger partial charge in [0.2, 0.25) is 5.91 Å². The molecule has 114 valence electrons. The van der Waals surface area contributed by atoms with Gasteiger partial charge >= 0.3 is 0 Å².